The third kappa shape index (κ3) is 1.41. The summed E-state index contributed by atoms with van der Waals surface area (Å²) in [4.78, 5) is 4.52. The highest BCUT2D eigenvalue weighted by Crippen LogP contribution is 2.21. The first-order valence-corrected chi connectivity index (χ1v) is 6.61. The molecule has 2 aromatic carbocycles. The van der Waals surface area contributed by atoms with Crippen LogP contribution in [0.4, 0.5) is 0 Å². The van der Waals surface area contributed by atoms with E-state index in [1.165, 1.54) is 25.9 Å². The third-order valence-corrected chi connectivity index (χ3v) is 4.01. The first kappa shape index (κ1) is 10.5. The molecule has 1 heterocycles. The summed E-state index contributed by atoms with van der Waals surface area (Å²) in [6, 6.07) is 8.50. The molecule has 0 atom stereocenters. The van der Waals surface area contributed by atoms with Gasteiger partial charge in [-0.15, -0.1) is 11.3 Å². The quantitative estimate of drug-likeness (QED) is 0.587. The van der Waals surface area contributed by atoms with E-state index in [9.17, 15) is 0 Å². The normalized spacial score (nSPS) is 14.0. The van der Waals surface area contributed by atoms with Crippen molar-refractivity contribution in [3.05, 3.63) is 40.2 Å². The van der Waals surface area contributed by atoms with Crippen LogP contribution in [-0.4, -0.2) is 4.98 Å². The van der Waals surface area contributed by atoms with Crippen molar-refractivity contribution in [2.24, 2.45) is 0 Å². The molecule has 0 spiro atoms. The fraction of sp³-hybridized carbons (Fsp3) is 0.133. The van der Waals surface area contributed by atoms with Gasteiger partial charge in [-0.1, -0.05) is 36.4 Å². The molecule has 84 valence electrons. The monoisotopic (exact) mass is 239 g/mol. The molecule has 0 N–H and O–H groups in total. The summed E-state index contributed by atoms with van der Waals surface area (Å²) in [6.45, 7) is 4.19. The van der Waals surface area contributed by atoms with E-state index >= 15 is 0 Å². The molecule has 3 aromatic rings. The molecule has 0 aliphatic rings. The summed E-state index contributed by atoms with van der Waals surface area (Å²) < 4.78 is 1.29. The molecule has 1 aromatic heterocycles. The standard InChI is InChI=1S/C15H13NS/c1-3-10-11(4-2)15-14(16-9-17-15)13-8-6-5-7-12(10)13/h3-9H,1-2H3/b10-3+,11-4+. The number of fused-ring (bicyclic) bond motifs is 3. The number of hydrogen-bond donors (Lipinski definition) is 0. The number of aromatic nitrogens is 1. The Hall–Kier alpha value is -1.67. The van der Waals surface area contributed by atoms with Gasteiger partial charge in [0.25, 0.3) is 0 Å². The second-order valence-electron chi connectivity index (χ2n) is 3.98. The molecule has 3 rings (SSSR count). The fourth-order valence-corrected chi connectivity index (χ4v) is 3.31. The minimum absolute atomic E-state index is 1.13. The zero-order valence-electron chi connectivity index (χ0n) is 9.90. The Balaban J connectivity index is 2.82. The van der Waals surface area contributed by atoms with Crippen LogP contribution in [0.15, 0.2) is 29.8 Å². The average Bonchev–Trinajstić information content (AvgIpc) is 2.86. The van der Waals surface area contributed by atoms with Gasteiger partial charge in [-0.3, -0.25) is 0 Å². The molecular formula is C15H13NS. The van der Waals surface area contributed by atoms with Gasteiger partial charge in [0.1, 0.15) is 0 Å². The molecule has 1 nitrogen and oxygen atoms in total. The van der Waals surface area contributed by atoms with Gasteiger partial charge in [-0.2, -0.15) is 0 Å². The third-order valence-electron chi connectivity index (χ3n) is 3.15. The van der Waals surface area contributed by atoms with Crippen LogP contribution >= 0.6 is 11.3 Å². The predicted octanol–water partition coefficient (Wildman–Crippen LogP) is 3.05. The zero-order valence-corrected chi connectivity index (χ0v) is 10.7. The first-order valence-electron chi connectivity index (χ1n) is 5.73. The van der Waals surface area contributed by atoms with Gasteiger partial charge >= 0.3 is 0 Å². The number of nitrogens with zero attached hydrogens (tertiary/aromatic N) is 1. The van der Waals surface area contributed by atoms with Gasteiger partial charge < -0.3 is 0 Å². The van der Waals surface area contributed by atoms with Crippen molar-refractivity contribution in [3.63, 3.8) is 0 Å². The molecule has 0 radical (unpaired) electrons. The van der Waals surface area contributed by atoms with E-state index in [1.807, 2.05) is 5.51 Å². The van der Waals surface area contributed by atoms with Crippen molar-refractivity contribution >= 4 is 44.5 Å². The lowest BCUT2D eigenvalue weighted by atomic mass is 10.0. The Morgan fingerprint density at radius 3 is 2.41 bits per heavy atom. The number of hydrogen-bond acceptors (Lipinski definition) is 2. The Kier molecular flexibility index (Phi) is 2.45. The average molecular weight is 239 g/mol. The Morgan fingerprint density at radius 1 is 1.00 bits per heavy atom. The van der Waals surface area contributed by atoms with Crippen molar-refractivity contribution in [3.8, 4) is 0 Å². The van der Waals surface area contributed by atoms with Gasteiger partial charge in [0.05, 0.1) is 15.7 Å². The summed E-state index contributed by atoms with van der Waals surface area (Å²) in [5, 5.41) is 5.17. The van der Waals surface area contributed by atoms with E-state index < -0.39 is 0 Å². The van der Waals surface area contributed by atoms with Crippen LogP contribution in [0.1, 0.15) is 13.8 Å². The highest BCUT2D eigenvalue weighted by atomic mass is 32.1. The Bertz CT molecular complexity index is 812. The van der Waals surface area contributed by atoms with Crippen LogP contribution < -0.4 is 10.4 Å². The largest absolute Gasteiger partial charge is 0.244 e. The number of thiazole rings is 1. The first-order chi connectivity index (χ1) is 8.36. The maximum absolute atomic E-state index is 4.52. The molecule has 2 heteroatoms. The van der Waals surface area contributed by atoms with Gasteiger partial charge in [0.15, 0.2) is 0 Å². The predicted molar refractivity (Wildman–Crippen MR) is 76.7 cm³/mol. The molecule has 0 saturated heterocycles. The van der Waals surface area contributed by atoms with Crippen LogP contribution in [0.25, 0.3) is 33.1 Å². The van der Waals surface area contributed by atoms with Crippen molar-refractivity contribution < 1.29 is 0 Å². The van der Waals surface area contributed by atoms with Gasteiger partial charge in [-0.05, 0) is 29.7 Å². The topological polar surface area (TPSA) is 12.9 Å². The highest BCUT2D eigenvalue weighted by Gasteiger charge is 2.06. The molecule has 0 saturated carbocycles. The maximum Gasteiger partial charge on any atom is 0.0896 e. The van der Waals surface area contributed by atoms with Crippen LogP contribution in [-0.2, 0) is 0 Å². The smallest absolute Gasteiger partial charge is 0.0896 e. The van der Waals surface area contributed by atoms with Crippen molar-refractivity contribution in [1.29, 1.82) is 0 Å². The lowest BCUT2D eigenvalue weighted by molar-refractivity contribution is 1.50. The van der Waals surface area contributed by atoms with E-state index in [2.05, 4.69) is 55.2 Å². The molecule has 17 heavy (non-hydrogen) atoms. The Labute approximate surface area is 104 Å². The van der Waals surface area contributed by atoms with Gasteiger partial charge in [-0.25, -0.2) is 4.98 Å². The summed E-state index contributed by atoms with van der Waals surface area (Å²) >= 11 is 1.72. The highest BCUT2D eigenvalue weighted by molar-refractivity contribution is 7.16. The van der Waals surface area contributed by atoms with Crippen molar-refractivity contribution in [2.75, 3.05) is 0 Å². The molecule has 0 aliphatic heterocycles. The van der Waals surface area contributed by atoms with Crippen LogP contribution in [0.5, 0.6) is 0 Å². The second-order valence-corrected chi connectivity index (χ2v) is 4.84. The van der Waals surface area contributed by atoms with Crippen LogP contribution in [0.3, 0.4) is 0 Å². The van der Waals surface area contributed by atoms with E-state index in [1.54, 1.807) is 11.3 Å². The molecule has 0 fully saturated rings. The van der Waals surface area contributed by atoms with E-state index in [-0.39, 0.29) is 0 Å². The Morgan fingerprint density at radius 2 is 1.71 bits per heavy atom. The number of benzene rings is 2. The zero-order chi connectivity index (χ0) is 11.8. The lowest BCUT2D eigenvalue weighted by Crippen LogP contribution is -2.25. The minimum Gasteiger partial charge on any atom is -0.244 e. The number of rotatable bonds is 0. The van der Waals surface area contributed by atoms with Crippen LogP contribution in [0.2, 0.25) is 0 Å². The van der Waals surface area contributed by atoms with Gasteiger partial charge in [0.2, 0.25) is 0 Å². The summed E-state index contributed by atoms with van der Waals surface area (Å²) in [5.74, 6) is 0. The SMILES string of the molecule is C/C=c1\c(=C/C)c2scnc2c2ccccc12. The summed E-state index contributed by atoms with van der Waals surface area (Å²) in [6.07, 6.45) is 4.37. The van der Waals surface area contributed by atoms with E-state index in [0.717, 1.165) is 5.52 Å². The minimum atomic E-state index is 1.13. The van der Waals surface area contributed by atoms with E-state index in [4.69, 9.17) is 0 Å². The van der Waals surface area contributed by atoms with E-state index in [0.29, 0.717) is 0 Å². The van der Waals surface area contributed by atoms with Crippen molar-refractivity contribution in [2.45, 2.75) is 13.8 Å². The fourth-order valence-electron chi connectivity index (χ4n) is 2.42. The van der Waals surface area contributed by atoms with Gasteiger partial charge in [0, 0.05) is 5.39 Å². The maximum atomic E-state index is 4.52. The molecule has 0 unspecified atom stereocenters. The summed E-state index contributed by atoms with van der Waals surface area (Å²) in [7, 11) is 0. The molecule has 0 aliphatic carbocycles. The molecular weight excluding hydrogens is 226 g/mol. The molecule has 0 bridgehead atoms. The molecule has 0 amide bonds. The lowest BCUT2D eigenvalue weighted by Gasteiger charge is -2.02. The second kappa shape index (κ2) is 3.97. The van der Waals surface area contributed by atoms with Crippen molar-refractivity contribution in [1.82, 2.24) is 4.98 Å². The van der Waals surface area contributed by atoms with Crippen LogP contribution in [0, 0.1) is 0 Å². The summed E-state index contributed by atoms with van der Waals surface area (Å²) in [5.41, 5.74) is 3.06.